The molecule has 0 atom stereocenters. The molecule has 0 rings (SSSR count). The van der Waals surface area contributed by atoms with E-state index in [9.17, 15) is 4.79 Å². The summed E-state index contributed by atoms with van der Waals surface area (Å²) in [5.74, 6) is 0.251. The van der Waals surface area contributed by atoms with Gasteiger partial charge in [0.15, 0.2) is 0 Å². The number of carbonyl (C=O) groups is 1. The molecule has 2 heteroatoms. The lowest BCUT2D eigenvalue weighted by molar-refractivity contribution is -0.128. The van der Waals surface area contributed by atoms with Gasteiger partial charge in [0, 0.05) is 20.5 Å². The van der Waals surface area contributed by atoms with Crippen LogP contribution in [0.25, 0.3) is 0 Å². The van der Waals surface area contributed by atoms with Crippen LogP contribution in [0.3, 0.4) is 0 Å². The molecule has 0 unspecified atom stereocenters. The van der Waals surface area contributed by atoms with E-state index in [0.29, 0.717) is 6.42 Å². The second-order valence-corrected chi connectivity index (χ2v) is 5.89. The third kappa shape index (κ3) is 15.1. The first-order chi connectivity index (χ1) is 10.7. The van der Waals surface area contributed by atoms with Crippen LogP contribution in [0.15, 0.2) is 36.5 Å². The van der Waals surface area contributed by atoms with Gasteiger partial charge in [0.2, 0.25) is 5.91 Å². The van der Waals surface area contributed by atoms with Crippen LogP contribution in [0.4, 0.5) is 0 Å². The van der Waals surface area contributed by atoms with Crippen molar-refractivity contribution >= 4 is 5.91 Å². The van der Waals surface area contributed by atoms with Gasteiger partial charge in [0.1, 0.15) is 0 Å². The zero-order chi connectivity index (χ0) is 16.5. The molecule has 0 saturated carbocycles. The summed E-state index contributed by atoms with van der Waals surface area (Å²) in [6.45, 7) is 2.16. The normalized spacial score (nSPS) is 12.0. The first-order valence-electron chi connectivity index (χ1n) is 8.83. The van der Waals surface area contributed by atoms with Crippen LogP contribution < -0.4 is 0 Å². The summed E-state index contributed by atoms with van der Waals surface area (Å²) >= 11 is 0. The van der Waals surface area contributed by atoms with Crippen LogP contribution >= 0.6 is 0 Å². The third-order valence-corrected chi connectivity index (χ3v) is 3.54. The molecule has 0 bridgehead atoms. The Labute approximate surface area is 138 Å². The summed E-state index contributed by atoms with van der Waals surface area (Å²) in [4.78, 5) is 13.1. The number of hydrogen-bond acceptors (Lipinski definition) is 1. The Kier molecular flexibility index (Phi) is 15.1. The quantitative estimate of drug-likeness (QED) is 0.317. The number of allylic oxidation sites excluding steroid dienone is 6. The fourth-order valence-corrected chi connectivity index (χ4v) is 2.12. The van der Waals surface area contributed by atoms with E-state index in [2.05, 4.69) is 43.4 Å². The van der Waals surface area contributed by atoms with E-state index in [1.807, 2.05) is 14.1 Å². The lowest BCUT2D eigenvalue weighted by Crippen LogP contribution is -2.20. The molecule has 0 heterocycles. The van der Waals surface area contributed by atoms with Gasteiger partial charge in [-0.25, -0.2) is 0 Å². The average Bonchev–Trinajstić information content (AvgIpc) is 2.50. The molecular weight excluding hydrogens is 270 g/mol. The van der Waals surface area contributed by atoms with Gasteiger partial charge in [-0.05, 0) is 38.5 Å². The molecule has 0 aromatic carbocycles. The van der Waals surface area contributed by atoms with E-state index in [1.54, 1.807) is 4.90 Å². The highest BCUT2D eigenvalue weighted by molar-refractivity contribution is 5.75. The number of unbranched alkanes of at least 4 members (excludes halogenated alkanes) is 5. The van der Waals surface area contributed by atoms with Crippen molar-refractivity contribution in [2.45, 2.75) is 71.1 Å². The molecule has 126 valence electrons. The van der Waals surface area contributed by atoms with Gasteiger partial charge in [-0.15, -0.1) is 0 Å². The molecule has 0 aromatic heterocycles. The van der Waals surface area contributed by atoms with Crippen molar-refractivity contribution in [3.63, 3.8) is 0 Å². The monoisotopic (exact) mass is 305 g/mol. The van der Waals surface area contributed by atoms with Gasteiger partial charge in [0.25, 0.3) is 0 Å². The van der Waals surface area contributed by atoms with Crippen LogP contribution in [0, 0.1) is 0 Å². The lowest BCUT2D eigenvalue weighted by atomic mass is 10.1. The first-order valence-corrected chi connectivity index (χ1v) is 8.83. The summed E-state index contributed by atoms with van der Waals surface area (Å²) < 4.78 is 0. The van der Waals surface area contributed by atoms with Gasteiger partial charge in [0.05, 0.1) is 0 Å². The number of nitrogens with zero attached hydrogens (tertiary/aromatic N) is 1. The maximum absolute atomic E-state index is 11.4. The summed E-state index contributed by atoms with van der Waals surface area (Å²) in [5.41, 5.74) is 0. The Balaban J connectivity index is 3.30. The second-order valence-electron chi connectivity index (χ2n) is 5.89. The molecular formula is C20H35NO. The fraction of sp³-hybridized carbons (Fsp3) is 0.650. The summed E-state index contributed by atoms with van der Waals surface area (Å²) in [6.07, 6.45) is 24.5. The largest absolute Gasteiger partial charge is 0.349 e. The molecule has 0 aliphatic heterocycles. The van der Waals surface area contributed by atoms with E-state index >= 15 is 0 Å². The number of amides is 1. The van der Waals surface area contributed by atoms with Crippen molar-refractivity contribution in [2.75, 3.05) is 14.1 Å². The predicted molar refractivity (Wildman–Crippen MR) is 98.0 cm³/mol. The maximum atomic E-state index is 11.4. The van der Waals surface area contributed by atoms with Crippen LogP contribution in [0.2, 0.25) is 0 Å². The topological polar surface area (TPSA) is 20.3 Å². The van der Waals surface area contributed by atoms with Crippen molar-refractivity contribution in [3.8, 4) is 0 Å². The van der Waals surface area contributed by atoms with E-state index in [-0.39, 0.29) is 5.91 Å². The zero-order valence-corrected chi connectivity index (χ0v) is 14.9. The number of hydrogen-bond donors (Lipinski definition) is 0. The second kappa shape index (κ2) is 16.1. The molecule has 0 aliphatic rings. The Morgan fingerprint density at radius 1 is 0.773 bits per heavy atom. The molecule has 0 aliphatic carbocycles. The molecule has 2 nitrogen and oxygen atoms in total. The molecule has 0 aromatic rings. The van der Waals surface area contributed by atoms with Crippen LogP contribution in [-0.4, -0.2) is 24.9 Å². The van der Waals surface area contributed by atoms with Crippen molar-refractivity contribution in [1.82, 2.24) is 4.90 Å². The Bertz CT molecular complexity index is 340. The first kappa shape index (κ1) is 20.7. The minimum atomic E-state index is 0.251. The van der Waals surface area contributed by atoms with Crippen LogP contribution in [-0.2, 0) is 4.79 Å². The molecule has 0 radical (unpaired) electrons. The molecule has 0 fully saturated rings. The highest BCUT2D eigenvalue weighted by Gasteiger charge is 2.02. The fourth-order valence-electron chi connectivity index (χ4n) is 2.12. The molecule has 22 heavy (non-hydrogen) atoms. The van der Waals surface area contributed by atoms with Crippen molar-refractivity contribution < 1.29 is 4.79 Å². The highest BCUT2D eigenvalue weighted by atomic mass is 16.2. The van der Waals surface area contributed by atoms with E-state index in [1.165, 1.54) is 32.1 Å². The molecule has 0 spiro atoms. The molecule has 0 saturated heterocycles. The molecule has 0 N–H and O–H groups in total. The minimum Gasteiger partial charge on any atom is -0.349 e. The van der Waals surface area contributed by atoms with Gasteiger partial charge < -0.3 is 4.90 Å². The van der Waals surface area contributed by atoms with Crippen molar-refractivity contribution in [3.05, 3.63) is 36.5 Å². The van der Waals surface area contributed by atoms with Crippen LogP contribution in [0.1, 0.15) is 71.1 Å². The predicted octanol–water partition coefficient (Wildman–Crippen LogP) is 5.66. The third-order valence-electron chi connectivity index (χ3n) is 3.54. The average molecular weight is 306 g/mol. The standard InChI is InChI=1S/C20H35NO/c1-4-5-6-7-8-9-10-11-12-13-14-15-16-17-18-19-20(22)21(2)3/h5-6,8-9,11-12H,4,7,10,13-19H2,1-3H3/b6-5-,9-8-,12-11-. The van der Waals surface area contributed by atoms with Gasteiger partial charge in [-0.1, -0.05) is 62.6 Å². The Morgan fingerprint density at radius 3 is 1.95 bits per heavy atom. The highest BCUT2D eigenvalue weighted by Crippen LogP contribution is 2.08. The van der Waals surface area contributed by atoms with Gasteiger partial charge >= 0.3 is 0 Å². The Hall–Kier alpha value is -1.31. The smallest absolute Gasteiger partial charge is 0.222 e. The number of rotatable bonds is 13. The number of carbonyl (C=O) groups excluding carboxylic acids is 1. The van der Waals surface area contributed by atoms with E-state index < -0.39 is 0 Å². The van der Waals surface area contributed by atoms with Gasteiger partial charge in [-0.3, -0.25) is 4.79 Å². The zero-order valence-electron chi connectivity index (χ0n) is 14.9. The maximum Gasteiger partial charge on any atom is 0.222 e. The summed E-state index contributed by atoms with van der Waals surface area (Å²) in [6, 6.07) is 0. The SMILES string of the molecule is CC/C=C\C/C=C\C/C=C\CCCCCCCC(=O)N(C)C. The van der Waals surface area contributed by atoms with Crippen molar-refractivity contribution in [1.29, 1.82) is 0 Å². The van der Waals surface area contributed by atoms with E-state index in [0.717, 1.165) is 25.7 Å². The lowest BCUT2D eigenvalue weighted by Gasteiger charge is -2.09. The minimum absolute atomic E-state index is 0.251. The van der Waals surface area contributed by atoms with Crippen LogP contribution in [0.5, 0.6) is 0 Å². The summed E-state index contributed by atoms with van der Waals surface area (Å²) in [5, 5.41) is 0. The Morgan fingerprint density at radius 2 is 1.32 bits per heavy atom. The van der Waals surface area contributed by atoms with E-state index in [4.69, 9.17) is 0 Å². The molecule has 1 amide bonds. The van der Waals surface area contributed by atoms with Gasteiger partial charge in [-0.2, -0.15) is 0 Å². The van der Waals surface area contributed by atoms with Crippen molar-refractivity contribution in [2.24, 2.45) is 0 Å². The summed E-state index contributed by atoms with van der Waals surface area (Å²) in [7, 11) is 3.65.